The molecule has 0 fully saturated rings. The van der Waals surface area contributed by atoms with Gasteiger partial charge in [-0.3, -0.25) is 9.78 Å². The number of ether oxygens (including phenoxy) is 1. The fraction of sp³-hybridized carbons (Fsp3) is 0.217. The number of aliphatic hydroxyl groups excluding tert-OH is 1. The van der Waals surface area contributed by atoms with E-state index in [-0.39, 0.29) is 12.2 Å². The van der Waals surface area contributed by atoms with Crippen molar-refractivity contribution in [1.29, 1.82) is 0 Å². The Morgan fingerprint density at radius 1 is 1.23 bits per heavy atom. The lowest BCUT2D eigenvalue weighted by Gasteiger charge is -2.21. The number of hydrogen-bond acceptors (Lipinski definition) is 7. The van der Waals surface area contributed by atoms with Gasteiger partial charge >= 0.3 is 5.97 Å². The smallest absolute Gasteiger partial charge is 0.340 e. The molecule has 8 nitrogen and oxygen atoms in total. The Hall–Kier alpha value is -3.78. The minimum absolute atomic E-state index is 0.133. The third-order valence-corrected chi connectivity index (χ3v) is 6.27. The van der Waals surface area contributed by atoms with Crippen LogP contribution in [0.15, 0.2) is 35.3 Å². The van der Waals surface area contributed by atoms with Crippen molar-refractivity contribution in [3.63, 3.8) is 0 Å². The predicted molar refractivity (Wildman–Crippen MR) is 114 cm³/mol. The zero-order chi connectivity index (χ0) is 21.4. The summed E-state index contributed by atoms with van der Waals surface area (Å²) in [4.78, 5) is 34.3. The molecule has 3 aromatic heterocycles. The van der Waals surface area contributed by atoms with Crippen LogP contribution in [0, 0.1) is 0 Å². The normalized spacial score (nSPS) is 16.8. The van der Waals surface area contributed by atoms with E-state index in [0.717, 1.165) is 39.4 Å². The standard InChI is InChI=1S/C23H18N4O4/c1-2-11-14-8-27-18(6-12-15(22(27)29)9-31-23(30)21(12)28)20(14)26-17-4-3-16-13(19(11)17)5-10(24)7-25-16/h3-7,21,28H,2,8-9,24H2,1H3. The van der Waals surface area contributed by atoms with E-state index in [9.17, 15) is 14.7 Å². The maximum atomic E-state index is 13.2. The zero-order valence-corrected chi connectivity index (χ0v) is 16.7. The summed E-state index contributed by atoms with van der Waals surface area (Å²) < 4.78 is 6.61. The second-order valence-electron chi connectivity index (χ2n) is 7.93. The Morgan fingerprint density at radius 2 is 2.03 bits per heavy atom. The van der Waals surface area contributed by atoms with Crippen LogP contribution in [0.2, 0.25) is 0 Å². The summed E-state index contributed by atoms with van der Waals surface area (Å²) in [5.74, 6) is -0.743. The Morgan fingerprint density at radius 3 is 2.84 bits per heavy atom. The second-order valence-corrected chi connectivity index (χ2v) is 7.93. The number of anilines is 1. The fourth-order valence-electron chi connectivity index (χ4n) is 4.83. The molecule has 0 saturated carbocycles. The van der Waals surface area contributed by atoms with Crippen molar-refractivity contribution in [1.82, 2.24) is 14.5 Å². The van der Waals surface area contributed by atoms with E-state index >= 15 is 0 Å². The zero-order valence-electron chi connectivity index (χ0n) is 16.7. The molecule has 4 aromatic rings. The van der Waals surface area contributed by atoms with Crippen LogP contribution in [0.3, 0.4) is 0 Å². The minimum Gasteiger partial charge on any atom is -0.458 e. The number of carbonyl (C=O) groups excluding carboxylic acids is 1. The van der Waals surface area contributed by atoms with Gasteiger partial charge in [-0.05, 0) is 36.2 Å². The number of fused-ring (bicyclic) bond motifs is 7. The maximum Gasteiger partial charge on any atom is 0.340 e. The van der Waals surface area contributed by atoms with Crippen LogP contribution in [0.25, 0.3) is 33.2 Å². The van der Waals surface area contributed by atoms with Gasteiger partial charge in [0, 0.05) is 21.9 Å². The number of nitrogens with zero attached hydrogens (tertiary/aromatic N) is 3. The molecule has 5 heterocycles. The molecule has 6 rings (SSSR count). The molecule has 0 radical (unpaired) electrons. The summed E-state index contributed by atoms with van der Waals surface area (Å²) in [6.45, 7) is 2.31. The number of carbonyl (C=O) groups is 1. The van der Waals surface area contributed by atoms with Crippen molar-refractivity contribution >= 4 is 33.5 Å². The topological polar surface area (TPSA) is 120 Å². The number of esters is 1. The number of aryl methyl sites for hydroxylation is 1. The van der Waals surface area contributed by atoms with Crippen LogP contribution in [0.1, 0.15) is 35.3 Å². The van der Waals surface area contributed by atoms with Gasteiger partial charge in [-0.15, -0.1) is 0 Å². The van der Waals surface area contributed by atoms with Crippen molar-refractivity contribution in [2.24, 2.45) is 0 Å². The van der Waals surface area contributed by atoms with E-state index in [1.54, 1.807) is 16.8 Å². The molecule has 31 heavy (non-hydrogen) atoms. The molecular weight excluding hydrogens is 396 g/mol. The molecule has 2 aliphatic rings. The summed E-state index contributed by atoms with van der Waals surface area (Å²) >= 11 is 0. The first-order valence-electron chi connectivity index (χ1n) is 10.1. The van der Waals surface area contributed by atoms with Crippen LogP contribution in [-0.4, -0.2) is 25.6 Å². The fourth-order valence-corrected chi connectivity index (χ4v) is 4.83. The summed E-state index contributed by atoms with van der Waals surface area (Å²) in [7, 11) is 0. The number of cyclic esters (lactones) is 1. The highest BCUT2D eigenvalue weighted by atomic mass is 16.5. The van der Waals surface area contributed by atoms with Crippen molar-refractivity contribution in [2.45, 2.75) is 32.6 Å². The Labute approximate surface area is 175 Å². The van der Waals surface area contributed by atoms with Crippen LogP contribution in [0.5, 0.6) is 0 Å². The van der Waals surface area contributed by atoms with E-state index < -0.39 is 12.1 Å². The van der Waals surface area contributed by atoms with Crippen LogP contribution in [-0.2, 0) is 29.1 Å². The van der Waals surface area contributed by atoms with E-state index in [1.165, 1.54) is 0 Å². The number of nitrogens with two attached hydrogens (primary N) is 1. The maximum absolute atomic E-state index is 13.2. The molecule has 8 heteroatoms. The number of aromatic nitrogens is 3. The van der Waals surface area contributed by atoms with Gasteiger partial charge in [0.25, 0.3) is 5.56 Å². The van der Waals surface area contributed by atoms with Crippen molar-refractivity contribution < 1.29 is 14.6 Å². The monoisotopic (exact) mass is 414 g/mol. The van der Waals surface area contributed by atoms with Crippen LogP contribution in [0.4, 0.5) is 5.69 Å². The third-order valence-electron chi connectivity index (χ3n) is 6.27. The van der Waals surface area contributed by atoms with E-state index in [4.69, 9.17) is 15.5 Å². The number of nitrogen functional groups attached to an aromatic ring is 1. The number of benzene rings is 1. The summed E-state index contributed by atoms with van der Waals surface area (Å²) in [5, 5.41) is 12.2. The van der Waals surface area contributed by atoms with E-state index in [1.807, 2.05) is 18.2 Å². The van der Waals surface area contributed by atoms with Gasteiger partial charge < -0.3 is 20.1 Å². The van der Waals surface area contributed by atoms with Gasteiger partial charge in [-0.2, -0.15) is 0 Å². The van der Waals surface area contributed by atoms with Gasteiger partial charge in [0.2, 0.25) is 0 Å². The molecule has 3 N–H and O–H groups in total. The number of aliphatic hydroxyl groups is 1. The summed E-state index contributed by atoms with van der Waals surface area (Å²) in [5.41, 5.74) is 11.9. The lowest BCUT2D eigenvalue weighted by atomic mass is 9.95. The number of hydrogen-bond donors (Lipinski definition) is 2. The van der Waals surface area contributed by atoms with Gasteiger partial charge in [0.05, 0.1) is 46.4 Å². The lowest BCUT2D eigenvalue weighted by Crippen LogP contribution is -2.32. The van der Waals surface area contributed by atoms with E-state index in [2.05, 4.69) is 11.9 Å². The van der Waals surface area contributed by atoms with Gasteiger partial charge in [-0.25, -0.2) is 9.78 Å². The van der Waals surface area contributed by atoms with Crippen LogP contribution >= 0.6 is 0 Å². The van der Waals surface area contributed by atoms with Crippen molar-refractivity contribution in [3.8, 4) is 11.4 Å². The lowest BCUT2D eigenvalue weighted by molar-refractivity contribution is -0.157. The van der Waals surface area contributed by atoms with Gasteiger partial charge in [-0.1, -0.05) is 6.92 Å². The first kappa shape index (κ1) is 18.0. The summed E-state index contributed by atoms with van der Waals surface area (Å²) in [6.07, 6.45) is 0.910. The Kier molecular flexibility index (Phi) is 3.56. The minimum atomic E-state index is -1.46. The molecule has 1 unspecified atom stereocenters. The average molecular weight is 414 g/mol. The third kappa shape index (κ3) is 2.33. The second kappa shape index (κ2) is 6.12. The molecular formula is C23H18N4O4. The molecule has 154 valence electrons. The Bertz CT molecular complexity index is 1520. The highest BCUT2D eigenvalue weighted by Gasteiger charge is 2.34. The van der Waals surface area contributed by atoms with E-state index in [0.29, 0.717) is 34.7 Å². The first-order chi connectivity index (χ1) is 15.0. The number of pyridine rings is 3. The Balaban J connectivity index is 1.69. The van der Waals surface area contributed by atoms with Crippen molar-refractivity contribution in [3.05, 3.63) is 63.1 Å². The summed E-state index contributed by atoms with van der Waals surface area (Å²) in [6, 6.07) is 7.44. The highest BCUT2D eigenvalue weighted by Crippen LogP contribution is 2.39. The van der Waals surface area contributed by atoms with Crippen molar-refractivity contribution in [2.75, 3.05) is 5.73 Å². The molecule has 0 aliphatic carbocycles. The van der Waals surface area contributed by atoms with Gasteiger partial charge in [0.1, 0.15) is 6.61 Å². The molecule has 2 aliphatic heterocycles. The molecule has 0 amide bonds. The molecule has 0 bridgehead atoms. The predicted octanol–water partition coefficient (Wildman–Crippen LogP) is 2.21. The quantitative estimate of drug-likeness (QED) is 0.319. The van der Waals surface area contributed by atoms with Gasteiger partial charge in [0.15, 0.2) is 6.10 Å². The molecule has 1 atom stereocenters. The molecule has 1 aromatic carbocycles. The van der Waals surface area contributed by atoms with Crippen LogP contribution < -0.4 is 11.3 Å². The first-order valence-corrected chi connectivity index (χ1v) is 10.1. The SMILES string of the molecule is CCc1c2c(nc3ccc4ncc(N)cc4c13)-c1cc3c(c(=O)n1C2)COC(=O)C3O. The molecule has 0 spiro atoms. The average Bonchev–Trinajstić information content (AvgIpc) is 3.13. The highest BCUT2D eigenvalue weighted by molar-refractivity contribution is 6.08. The number of rotatable bonds is 1. The largest absolute Gasteiger partial charge is 0.458 e. The molecule has 0 saturated heterocycles.